The number of pyridine rings is 1. The Morgan fingerprint density at radius 3 is 2.83 bits per heavy atom. The molecule has 5 nitrogen and oxygen atoms in total. The second-order valence-electron chi connectivity index (χ2n) is 5.59. The summed E-state index contributed by atoms with van der Waals surface area (Å²) in [5.41, 5.74) is 3.35. The van der Waals surface area contributed by atoms with Crippen molar-refractivity contribution in [2.45, 2.75) is 20.3 Å². The minimum Gasteiger partial charge on any atom is -0.385 e. The largest absolute Gasteiger partial charge is 0.385 e. The molecule has 1 amide bonds. The highest BCUT2D eigenvalue weighted by atomic mass is 16.5. The van der Waals surface area contributed by atoms with Crippen molar-refractivity contribution in [1.29, 1.82) is 0 Å². The van der Waals surface area contributed by atoms with Crippen LogP contribution in [0.1, 0.15) is 29.4 Å². The molecule has 0 unspecified atom stereocenters. The summed E-state index contributed by atoms with van der Waals surface area (Å²) in [5.74, 6) is -0.0939. The molecule has 0 bridgehead atoms. The molecule has 0 spiro atoms. The number of aryl methyl sites for hydroxylation is 1. The number of carbonyl (C=O) groups is 1. The van der Waals surface area contributed by atoms with Crippen LogP contribution in [0, 0.1) is 6.92 Å². The normalized spacial score (nSPS) is 10.5. The van der Waals surface area contributed by atoms with Gasteiger partial charge in [0.1, 0.15) is 5.69 Å². The van der Waals surface area contributed by atoms with Crippen molar-refractivity contribution in [2.24, 2.45) is 0 Å². The summed E-state index contributed by atoms with van der Waals surface area (Å²) in [6.07, 6.45) is 2.57. The average Bonchev–Trinajstić information content (AvgIpc) is 2.60. The number of rotatable bonds is 8. The molecule has 0 fully saturated rings. The second kappa shape index (κ2) is 9.03. The summed E-state index contributed by atoms with van der Waals surface area (Å²) in [6.45, 7) is 6.08. The van der Waals surface area contributed by atoms with Crippen molar-refractivity contribution >= 4 is 17.3 Å². The molecule has 1 N–H and O–H groups in total. The first-order valence-corrected chi connectivity index (χ1v) is 8.23. The van der Waals surface area contributed by atoms with Crippen LogP contribution >= 0.6 is 0 Å². The molecule has 0 radical (unpaired) electrons. The van der Waals surface area contributed by atoms with Crippen molar-refractivity contribution in [2.75, 3.05) is 37.0 Å². The number of hydrogen-bond acceptors (Lipinski definition) is 4. The molecule has 0 saturated heterocycles. The van der Waals surface area contributed by atoms with Crippen molar-refractivity contribution in [3.05, 3.63) is 53.9 Å². The Labute approximate surface area is 143 Å². The predicted molar refractivity (Wildman–Crippen MR) is 97.7 cm³/mol. The van der Waals surface area contributed by atoms with Crippen LogP contribution in [-0.2, 0) is 4.74 Å². The SMILES string of the molecule is CCN(C(=O)c1cc(NCCCOC)ccn1)c1cccc(C)c1. The molecule has 5 heteroatoms. The summed E-state index contributed by atoms with van der Waals surface area (Å²) in [4.78, 5) is 18.8. The van der Waals surface area contributed by atoms with Crippen LogP contribution in [0.3, 0.4) is 0 Å². The number of ether oxygens (including phenoxy) is 1. The average molecular weight is 327 g/mol. The molecule has 128 valence electrons. The van der Waals surface area contributed by atoms with Gasteiger partial charge in [0.2, 0.25) is 0 Å². The lowest BCUT2D eigenvalue weighted by Gasteiger charge is -2.21. The topological polar surface area (TPSA) is 54.5 Å². The van der Waals surface area contributed by atoms with Crippen LogP contribution in [-0.4, -0.2) is 37.7 Å². The molecule has 0 atom stereocenters. The number of aromatic nitrogens is 1. The third kappa shape index (κ3) is 4.80. The Balaban J connectivity index is 2.12. The van der Waals surface area contributed by atoms with Crippen molar-refractivity contribution in [3.8, 4) is 0 Å². The standard InChI is InChI=1S/C19H25N3O2/c1-4-22(17-8-5-7-15(2)13-17)19(23)18-14-16(9-11-21-18)20-10-6-12-24-3/h5,7-9,11,13-14H,4,6,10,12H2,1-3H3,(H,20,21). The van der Waals surface area contributed by atoms with E-state index >= 15 is 0 Å². The highest BCUT2D eigenvalue weighted by Gasteiger charge is 2.17. The Morgan fingerprint density at radius 2 is 2.12 bits per heavy atom. The molecule has 0 saturated carbocycles. The zero-order chi connectivity index (χ0) is 17.4. The Hall–Kier alpha value is -2.40. The van der Waals surface area contributed by atoms with Crippen molar-refractivity contribution in [3.63, 3.8) is 0 Å². The zero-order valence-electron chi connectivity index (χ0n) is 14.6. The van der Waals surface area contributed by atoms with Gasteiger partial charge in [0, 0.05) is 44.4 Å². The summed E-state index contributed by atoms with van der Waals surface area (Å²) >= 11 is 0. The fourth-order valence-electron chi connectivity index (χ4n) is 2.48. The minimum absolute atomic E-state index is 0.0939. The highest BCUT2D eigenvalue weighted by molar-refractivity contribution is 6.05. The Bertz CT molecular complexity index is 673. The molecule has 2 aromatic rings. The summed E-state index contributed by atoms with van der Waals surface area (Å²) < 4.78 is 5.03. The molecular formula is C19H25N3O2. The summed E-state index contributed by atoms with van der Waals surface area (Å²) in [6, 6.07) is 11.6. The van der Waals surface area contributed by atoms with Gasteiger partial charge in [-0.3, -0.25) is 9.78 Å². The maximum absolute atomic E-state index is 12.8. The number of amides is 1. The quantitative estimate of drug-likeness (QED) is 0.754. The Morgan fingerprint density at radius 1 is 1.29 bits per heavy atom. The maximum Gasteiger partial charge on any atom is 0.276 e. The third-order valence-electron chi connectivity index (χ3n) is 3.71. The molecule has 0 aliphatic heterocycles. The number of methoxy groups -OCH3 is 1. The van der Waals surface area contributed by atoms with E-state index in [4.69, 9.17) is 4.74 Å². The van der Waals surface area contributed by atoms with E-state index in [1.165, 1.54) is 0 Å². The first-order chi connectivity index (χ1) is 11.7. The van der Waals surface area contributed by atoms with Crippen LogP contribution in [0.4, 0.5) is 11.4 Å². The van der Waals surface area contributed by atoms with E-state index in [-0.39, 0.29) is 5.91 Å². The highest BCUT2D eigenvalue weighted by Crippen LogP contribution is 2.19. The Kier molecular flexibility index (Phi) is 6.75. The van der Waals surface area contributed by atoms with E-state index in [0.29, 0.717) is 18.8 Å². The number of carbonyl (C=O) groups excluding carboxylic acids is 1. The molecular weight excluding hydrogens is 302 g/mol. The first-order valence-electron chi connectivity index (χ1n) is 8.23. The molecule has 1 aromatic heterocycles. The second-order valence-corrected chi connectivity index (χ2v) is 5.59. The lowest BCUT2D eigenvalue weighted by molar-refractivity contribution is 0.0983. The van der Waals surface area contributed by atoms with Crippen LogP contribution in [0.25, 0.3) is 0 Å². The summed E-state index contributed by atoms with van der Waals surface area (Å²) in [7, 11) is 1.69. The fraction of sp³-hybridized carbons (Fsp3) is 0.368. The molecule has 2 rings (SSSR count). The van der Waals surface area contributed by atoms with E-state index < -0.39 is 0 Å². The van der Waals surface area contributed by atoms with Gasteiger partial charge in [-0.2, -0.15) is 0 Å². The van der Waals surface area contributed by atoms with Gasteiger partial charge in [0.05, 0.1) is 0 Å². The van der Waals surface area contributed by atoms with E-state index in [1.54, 1.807) is 24.3 Å². The minimum atomic E-state index is -0.0939. The van der Waals surface area contributed by atoms with Crippen molar-refractivity contribution < 1.29 is 9.53 Å². The lowest BCUT2D eigenvalue weighted by atomic mass is 10.2. The number of nitrogens with zero attached hydrogens (tertiary/aromatic N) is 2. The van der Waals surface area contributed by atoms with Gasteiger partial charge in [0.25, 0.3) is 5.91 Å². The van der Waals surface area contributed by atoms with Gasteiger partial charge in [-0.1, -0.05) is 12.1 Å². The molecule has 0 aliphatic carbocycles. The smallest absolute Gasteiger partial charge is 0.276 e. The van der Waals surface area contributed by atoms with Gasteiger partial charge in [0.15, 0.2) is 0 Å². The number of benzene rings is 1. The predicted octanol–water partition coefficient (Wildman–Crippen LogP) is 3.51. The molecule has 1 heterocycles. The number of nitrogens with one attached hydrogen (secondary N) is 1. The molecule has 1 aromatic carbocycles. The van der Waals surface area contributed by atoms with E-state index in [0.717, 1.165) is 29.9 Å². The number of anilines is 2. The van der Waals surface area contributed by atoms with Crippen LogP contribution in [0.2, 0.25) is 0 Å². The number of hydrogen-bond donors (Lipinski definition) is 1. The maximum atomic E-state index is 12.8. The zero-order valence-corrected chi connectivity index (χ0v) is 14.6. The van der Waals surface area contributed by atoms with Gasteiger partial charge in [-0.25, -0.2) is 0 Å². The van der Waals surface area contributed by atoms with Crippen LogP contribution < -0.4 is 10.2 Å². The monoisotopic (exact) mass is 327 g/mol. The van der Waals surface area contributed by atoms with Gasteiger partial charge in [-0.15, -0.1) is 0 Å². The van der Waals surface area contributed by atoms with E-state index in [2.05, 4.69) is 10.3 Å². The van der Waals surface area contributed by atoms with Crippen LogP contribution in [0.5, 0.6) is 0 Å². The van der Waals surface area contributed by atoms with Gasteiger partial charge >= 0.3 is 0 Å². The first kappa shape index (κ1) is 17.9. The van der Waals surface area contributed by atoms with Crippen molar-refractivity contribution in [1.82, 2.24) is 4.98 Å². The van der Waals surface area contributed by atoms with E-state index in [9.17, 15) is 4.79 Å². The van der Waals surface area contributed by atoms with Gasteiger partial charge < -0.3 is 15.0 Å². The van der Waals surface area contributed by atoms with Crippen LogP contribution in [0.15, 0.2) is 42.6 Å². The molecule has 0 aliphatic rings. The fourth-order valence-corrected chi connectivity index (χ4v) is 2.48. The van der Waals surface area contributed by atoms with E-state index in [1.807, 2.05) is 44.2 Å². The third-order valence-corrected chi connectivity index (χ3v) is 3.71. The molecule has 24 heavy (non-hydrogen) atoms. The lowest BCUT2D eigenvalue weighted by Crippen LogP contribution is -2.31. The summed E-state index contributed by atoms with van der Waals surface area (Å²) in [5, 5.41) is 3.29. The van der Waals surface area contributed by atoms with Gasteiger partial charge in [-0.05, 0) is 50.1 Å².